The van der Waals surface area contributed by atoms with Crippen LogP contribution in [-0.2, 0) is 9.53 Å². The Balaban J connectivity index is 1.99. The fourth-order valence-electron chi connectivity index (χ4n) is 2.71. The number of carbonyl (C=O) groups is 1. The molecule has 3 nitrogen and oxygen atoms in total. The molecule has 0 spiro atoms. The molecule has 2 aliphatic rings. The van der Waals surface area contributed by atoms with Gasteiger partial charge in [0.05, 0.1) is 5.41 Å². The normalized spacial score (nSPS) is 34.6. The zero-order valence-corrected chi connectivity index (χ0v) is 10.6. The minimum Gasteiger partial charge on any atom is -0.460 e. The van der Waals surface area contributed by atoms with Gasteiger partial charge in [0.25, 0.3) is 0 Å². The summed E-state index contributed by atoms with van der Waals surface area (Å²) in [7, 11) is 0. The van der Waals surface area contributed by atoms with Crippen molar-refractivity contribution < 1.29 is 9.53 Å². The van der Waals surface area contributed by atoms with Crippen molar-refractivity contribution in [3.63, 3.8) is 0 Å². The summed E-state index contributed by atoms with van der Waals surface area (Å²) in [6.45, 7) is 7.89. The SMILES string of the molecule is CC(C)(C)OC(=O)C12CCNCCCC1C2. The van der Waals surface area contributed by atoms with Crippen LogP contribution in [-0.4, -0.2) is 24.7 Å². The van der Waals surface area contributed by atoms with Gasteiger partial charge in [0.1, 0.15) is 5.60 Å². The molecule has 0 aromatic rings. The Kier molecular flexibility index (Phi) is 2.99. The van der Waals surface area contributed by atoms with Crippen molar-refractivity contribution in [1.29, 1.82) is 0 Å². The Morgan fingerprint density at radius 2 is 2.12 bits per heavy atom. The lowest BCUT2D eigenvalue weighted by Gasteiger charge is -2.25. The monoisotopic (exact) mass is 225 g/mol. The molecular weight excluding hydrogens is 202 g/mol. The molecular formula is C13H23NO2. The number of carbonyl (C=O) groups excluding carboxylic acids is 1. The van der Waals surface area contributed by atoms with Crippen LogP contribution in [0.2, 0.25) is 0 Å². The number of esters is 1. The minimum absolute atomic E-state index is 0.0358. The second kappa shape index (κ2) is 4.02. The number of nitrogens with one attached hydrogen (secondary N) is 1. The zero-order chi connectivity index (χ0) is 11.8. The molecule has 0 aromatic heterocycles. The van der Waals surface area contributed by atoms with Gasteiger partial charge in [0.15, 0.2) is 0 Å². The van der Waals surface area contributed by atoms with Gasteiger partial charge in [-0.25, -0.2) is 0 Å². The Bertz CT molecular complexity index is 282. The van der Waals surface area contributed by atoms with E-state index in [9.17, 15) is 4.79 Å². The molecule has 1 heterocycles. The first-order valence-corrected chi connectivity index (χ1v) is 6.38. The highest BCUT2D eigenvalue weighted by Gasteiger charge is 2.60. The fourth-order valence-corrected chi connectivity index (χ4v) is 2.71. The molecule has 0 aromatic carbocycles. The van der Waals surface area contributed by atoms with E-state index >= 15 is 0 Å². The van der Waals surface area contributed by atoms with Gasteiger partial charge in [-0.15, -0.1) is 0 Å². The predicted molar refractivity (Wildman–Crippen MR) is 63.1 cm³/mol. The van der Waals surface area contributed by atoms with Gasteiger partial charge in [-0.3, -0.25) is 4.79 Å². The molecule has 2 unspecified atom stereocenters. The summed E-state index contributed by atoms with van der Waals surface area (Å²) in [4.78, 5) is 12.2. The van der Waals surface area contributed by atoms with Crippen LogP contribution >= 0.6 is 0 Å². The van der Waals surface area contributed by atoms with Gasteiger partial charge in [-0.2, -0.15) is 0 Å². The summed E-state index contributed by atoms with van der Waals surface area (Å²) in [5.74, 6) is 0.623. The molecule has 16 heavy (non-hydrogen) atoms. The maximum absolute atomic E-state index is 12.2. The first-order chi connectivity index (χ1) is 7.44. The largest absolute Gasteiger partial charge is 0.460 e. The van der Waals surface area contributed by atoms with E-state index in [1.165, 1.54) is 12.8 Å². The van der Waals surface area contributed by atoms with Crippen LogP contribution in [0.5, 0.6) is 0 Å². The van der Waals surface area contributed by atoms with Crippen molar-refractivity contribution in [2.75, 3.05) is 13.1 Å². The van der Waals surface area contributed by atoms with Gasteiger partial charge >= 0.3 is 5.97 Å². The molecule has 2 rings (SSSR count). The summed E-state index contributed by atoms with van der Waals surface area (Å²) in [5.41, 5.74) is -0.491. The van der Waals surface area contributed by atoms with Crippen molar-refractivity contribution in [1.82, 2.24) is 5.32 Å². The van der Waals surface area contributed by atoms with Gasteiger partial charge in [-0.05, 0) is 65.5 Å². The lowest BCUT2D eigenvalue weighted by molar-refractivity contribution is -0.162. The molecule has 1 aliphatic carbocycles. The van der Waals surface area contributed by atoms with E-state index in [4.69, 9.17) is 4.74 Å². The van der Waals surface area contributed by atoms with Gasteiger partial charge in [0.2, 0.25) is 0 Å². The molecule has 0 bridgehead atoms. The van der Waals surface area contributed by atoms with Gasteiger partial charge in [0, 0.05) is 0 Å². The Morgan fingerprint density at radius 3 is 2.81 bits per heavy atom. The van der Waals surface area contributed by atoms with Crippen LogP contribution in [0.15, 0.2) is 0 Å². The number of hydrogen-bond donors (Lipinski definition) is 1. The van der Waals surface area contributed by atoms with E-state index in [1.54, 1.807) is 0 Å². The highest BCUT2D eigenvalue weighted by molar-refractivity contribution is 5.81. The number of rotatable bonds is 1. The Morgan fingerprint density at radius 1 is 1.38 bits per heavy atom. The van der Waals surface area contributed by atoms with Crippen molar-refractivity contribution in [2.24, 2.45) is 11.3 Å². The van der Waals surface area contributed by atoms with Crippen LogP contribution in [0.3, 0.4) is 0 Å². The van der Waals surface area contributed by atoms with Crippen LogP contribution in [0, 0.1) is 11.3 Å². The molecule has 0 amide bonds. The molecule has 3 heteroatoms. The number of fused-ring (bicyclic) bond motifs is 1. The molecule has 0 radical (unpaired) electrons. The Labute approximate surface area is 97.9 Å². The first-order valence-electron chi connectivity index (χ1n) is 6.38. The van der Waals surface area contributed by atoms with E-state index in [0.29, 0.717) is 5.92 Å². The van der Waals surface area contributed by atoms with Crippen LogP contribution in [0.1, 0.15) is 46.5 Å². The second-order valence-corrected chi connectivity index (χ2v) is 6.20. The summed E-state index contributed by atoms with van der Waals surface area (Å²) >= 11 is 0. The molecule has 1 saturated heterocycles. The first kappa shape index (κ1) is 11.9. The molecule has 2 fully saturated rings. The van der Waals surface area contributed by atoms with E-state index < -0.39 is 0 Å². The minimum atomic E-state index is -0.352. The van der Waals surface area contributed by atoms with Crippen molar-refractivity contribution in [3.8, 4) is 0 Å². The highest BCUT2D eigenvalue weighted by atomic mass is 16.6. The standard InChI is InChI=1S/C13H23NO2/c1-12(2,3)16-11(15)13-6-8-14-7-4-5-10(13)9-13/h10,14H,4-9H2,1-3H3. The Hall–Kier alpha value is -0.570. The lowest BCUT2D eigenvalue weighted by atomic mass is 9.95. The average Bonchev–Trinajstić information content (AvgIpc) is 2.76. The van der Waals surface area contributed by atoms with E-state index in [0.717, 1.165) is 25.9 Å². The third kappa shape index (κ3) is 2.40. The van der Waals surface area contributed by atoms with Crippen molar-refractivity contribution in [2.45, 2.75) is 52.1 Å². The summed E-state index contributed by atoms with van der Waals surface area (Å²) in [6.07, 6.45) is 4.36. The van der Waals surface area contributed by atoms with E-state index in [2.05, 4.69) is 5.32 Å². The smallest absolute Gasteiger partial charge is 0.312 e. The molecule has 1 saturated carbocycles. The molecule has 1 N–H and O–H groups in total. The van der Waals surface area contributed by atoms with Crippen LogP contribution in [0.4, 0.5) is 0 Å². The maximum Gasteiger partial charge on any atom is 0.312 e. The number of ether oxygens (including phenoxy) is 1. The lowest BCUT2D eigenvalue weighted by Crippen LogP contribution is -2.34. The maximum atomic E-state index is 12.2. The second-order valence-electron chi connectivity index (χ2n) is 6.20. The predicted octanol–water partition coefficient (Wildman–Crippen LogP) is 2.11. The average molecular weight is 225 g/mol. The van der Waals surface area contributed by atoms with Gasteiger partial charge < -0.3 is 10.1 Å². The van der Waals surface area contributed by atoms with Crippen LogP contribution < -0.4 is 5.32 Å². The summed E-state index contributed by atoms with van der Waals surface area (Å²) < 4.78 is 5.55. The zero-order valence-electron chi connectivity index (χ0n) is 10.6. The summed E-state index contributed by atoms with van der Waals surface area (Å²) in [6, 6.07) is 0. The van der Waals surface area contributed by atoms with Crippen molar-refractivity contribution in [3.05, 3.63) is 0 Å². The van der Waals surface area contributed by atoms with Gasteiger partial charge in [-0.1, -0.05) is 0 Å². The molecule has 1 aliphatic heterocycles. The third-order valence-electron chi connectivity index (χ3n) is 3.69. The fraction of sp³-hybridized carbons (Fsp3) is 0.923. The third-order valence-corrected chi connectivity index (χ3v) is 3.69. The van der Waals surface area contributed by atoms with E-state index in [1.807, 2.05) is 20.8 Å². The summed E-state index contributed by atoms with van der Waals surface area (Å²) in [5, 5.41) is 3.38. The van der Waals surface area contributed by atoms with Crippen LogP contribution in [0.25, 0.3) is 0 Å². The number of hydrogen-bond acceptors (Lipinski definition) is 3. The molecule has 92 valence electrons. The van der Waals surface area contributed by atoms with Crippen molar-refractivity contribution >= 4 is 5.97 Å². The molecule has 2 atom stereocenters. The highest BCUT2D eigenvalue weighted by Crippen LogP contribution is 2.58. The van der Waals surface area contributed by atoms with E-state index in [-0.39, 0.29) is 17.0 Å². The quantitative estimate of drug-likeness (QED) is 0.695. The topological polar surface area (TPSA) is 38.3 Å².